The number of nitrogens with one attached hydrogen (secondary N) is 2. The summed E-state index contributed by atoms with van der Waals surface area (Å²) >= 11 is 0. The van der Waals surface area contributed by atoms with E-state index in [0.717, 1.165) is 4.90 Å². The summed E-state index contributed by atoms with van der Waals surface area (Å²) in [5, 5.41) is 4.87. The van der Waals surface area contributed by atoms with Gasteiger partial charge in [0.05, 0.1) is 14.2 Å². The molecule has 9 nitrogen and oxygen atoms in total. The summed E-state index contributed by atoms with van der Waals surface area (Å²) in [6, 6.07) is 5.99. The molecule has 1 aliphatic heterocycles. The van der Waals surface area contributed by atoms with Gasteiger partial charge in [-0.25, -0.2) is 4.79 Å². The van der Waals surface area contributed by atoms with Crippen LogP contribution >= 0.6 is 0 Å². The monoisotopic (exact) mass is 349 g/mol. The summed E-state index contributed by atoms with van der Waals surface area (Å²) < 4.78 is 9.47. The van der Waals surface area contributed by atoms with E-state index >= 15 is 0 Å². The number of methoxy groups -OCH3 is 2. The van der Waals surface area contributed by atoms with Gasteiger partial charge in [-0.05, 0) is 24.6 Å². The van der Waals surface area contributed by atoms with Crippen LogP contribution in [-0.4, -0.2) is 56.0 Å². The number of esters is 1. The molecule has 0 radical (unpaired) electrons. The van der Waals surface area contributed by atoms with Crippen LogP contribution in [0.15, 0.2) is 24.3 Å². The van der Waals surface area contributed by atoms with Gasteiger partial charge >= 0.3 is 12.0 Å². The molecule has 1 heterocycles. The second-order valence-corrected chi connectivity index (χ2v) is 5.53. The third-order valence-electron chi connectivity index (χ3n) is 3.90. The van der Waals surface area contributed by atoms with Gasteiger partial charge in [0, 0.05) is 0 Å². The van der Waals surface area contributed by atoms with Crippen molar-refractivity contribution in [2.24, 2.45) is 0 Å². The highest BCUT2D eigenvalue weighted by molar-refractivity contribution is 6.09. The zero-order chi connectivity index (χ0) is 18.6. The van der Waals surface area contributed by atoms with Crippen molar-refractivity contribution in [1.82, 2.24) is 15.5 Å². The Morgan fingerprint density at radius 1 is 1.20 bits per heavy atom. The molecule has 1 atom stereocenters. The molecule has 1 aromatic rings. The molecule has 9 heteroatoms. The SMILES string of the molecule is COC(=O)CNC(=O)CN1C(=O)NC(C)(c2ccc(OC)cc2)C1=O. The molecular formula is C16H19N3O6. The Kier molecular flexibility index (Phi) is 5.26. The molecule has 134 valence electrons. The first-order valence-corrected chi connectivity index (χ1v) is 7.44. The van der Waals surface area contributed by atoms with Crippen molar-refractivity contribution in [1.29, 1.82) is 0 Å². The summed E-state index contributed by atoms with van der Waals surface area (Å²) in [6.45, 7) is 0.726. The second kappa shape index (κ2) is 7.20. The topological polar surface area (TPSA) is 114 Å². The molecule has 0 saturated carbocycles. The van der Waals surface area contributed by atoms with Gasteiger partial charge < -0.3 is 20.1 Å². The van der Waals surface area contributed by atoms with E-state index in [1.165, 1.54) is 14.2 Å². The van der Waals surface area contributed by atoms with Crippen molar-refractivity contribution in [2.75, 3.05) is 27.3 Å². The van der Waals surface area contributed by atoms with Gasteiger partial charge in [0.15, 0.2) is 0 Å². The van der Waals surface area contributed by atoms with Gasteiger partial charge in [-0.15, -0.1) is 0 Å². The number of urea groups is 1. The van der Waals surface area contributed by atoms with Gasteiger partial charge in [0.25, 0.3) is 5.91 Å². The maximum absolute atomic E-state index is 12.7. The number of hydrogen-bond acceptors (Lipinski definition) is 6. The normalized spacial score (nSPS) is 19.4. The third kappa shape index (κ3) is 3.70. The van der Waals surface area contributed by atoms with Gasteiger partial charge in [0.1, 0.15) is 24.4 Å². The van der Waals surface area contributed by atoms with Crippen LogP contribution in [0.5, 0.6) is 5.75 Å². The summed E-state index contributed by atoms with van der Waals surface area (Å²) in [5.41, 5.74) is -0.726. The number of carbonyl (C=O) groups is 4. The Balaban J connectivity index is 2.10. The van der Waals surface area contributed by atoms with E-state index in [-0.39, 0.29) is 6.54 Å². The lowest BCUT2D eigenvalue weighted by atomic mass is 9.92. The van der Waals surface area contributed by atoms with E-state index in [4.69, 9.17) is 4.74 Å². The lowest BCUT2D eigenvalue weighted by Gasteiger charge is -2.22. The minimum atomic E-state index is -1.29. The van der Waals surface area contributed by atoms with Crippen LogP contribution in [-0.2, 0) is 24.7 Å². The second-order valence-electron chi connectivity index (χ2n) is 5.53. The van der Waals surface area contributed by atoms with Crippen LogP contribution in [0.25, 0.3) is 0 Å². The van der Waals surface area contributed by atoms with E-state index in [9.17, 15) is 19.2 Å². The van der Waals surface area contributed by atoms with Crippen LogP contribution < -0.4 is 15.4 Å². The Hall–Kier alpha value is -3.10. The smallest absolute Gasteiger partial charge is 0.325 e. The van der Waals surface area contributed by atoms with Crippen LogP contribution in [0, 0.1) is 0 Å². The molecule has 2 N–H and O–H groups in total. The first-order chi connectivity index (χ1) is 11.8. The number of nitrogens with zero attached hydrogens (tertiary/aromatic N) is 1. The van der Waals surface area contributed by atoms with Crippen molar-refractivity contribution in [3.8, 4) is 5.75 Å². The maximum Gasteiger partial charge on any atom is 0.325 e. The predicted octanol–water partition coefficient (Wildman–Crippen LogP) is -0.249. The van der Waals surface area contributed by atoms with Crippen molar-refractivity contribution in [3.05, 3.63) is 29.8 Å². The number of rotatable bonds is 6. The van der Waals surface area contributed by atoms with Gasteiger partial charge in [-0.2, -0.15) is 0 Å². The summed E-state index contributed by atoms with van der Waals surface area (Å²) in [4.78, 5) is 48.4. The molecule has 0 aromatic heterocycles. The van der Waals surface area contributed by atoms with E-state index in [2.05, 4.69) is 15.4 Å². The summed E-state index contributed by atoms with van der Waals surface area (Å²) in [5.74, 6) is -1.22. The van der Waals surface area contributed by atoms with Crippen molar-refractivity contribution in [3.63, 3.8) is 0 Å². The molecule has 0 spiro atoms. The molecular weight excluding hydrogens is 330 g/mol. The Labute approximate surface area is 144 Å². The van der Waals surface area contributed by atoms with Crippen LogP contribution in [0.3, 0.4) is 0 Å². The van der Waals surface area contributed by atoms with E-state index < -0.39 is 35.9 Å². The lowest BCUT2D eigenvalue weighted by molar-refractivity contribution is -0.141. The molecule has 0 bridgehead atoms. The van der Waals surface area contributed by atoms with Crippen molar-refractivity contribution < 1.29 is 28.7 Å². The third-order valence-corrected chi connectivity index (χ3v) is 3.90. The van der Waals surface area contributed by atoms with Crippen LogP contribution in [0.2, 0.25) is 0 Å². The molecule has 2 rings (SSSR count). The van der Waals surface area contributed by atoms with Crippen LogP contribution in [0.4, 0.5) is 4.79 Å². The number of ether oxygens (including phenoxy) is 2. The number of hydrogen-bond donors (Lipinski definition) is 2. The van der Waals surface area contributed by atoms with E-state index in [0.29, 0.717) is 11.3 Å². The first-order valence-electron chi connectivity index (χ1n) is 7.44. The van der Waals surface area contributed by atoms with Crippen molar-refractivity contribution in [2.45, 2.75) is 12.5 Å². The highest BCUT2D eigenvalue weighted by atomic mass is 16.5. The Morgan fingerprint density at radius 2 is 1.84 bits per heavy atom. The molecule has 4 amide bonds. The van der Waals surface area contributed by atoms with E-state index in [1.54, 1.807) is 31.2 Å². The van der Waals surface area contributed by atoms with E-state index in [1.807, 2.05) is 0 Å². The maximum atomic E-state index is 12.7. The quantitative estimate of drug-likeness (QED) is 0.541. The number of carbonyl (C=O) groups excluding carboxylic acids is 4. The molecule has 1 aliphatic rings. The molecule has 1 saturated heterocycles. The standard InChI is InChI=1S/C16H19N3O6/c1-16(10-4-6-11(24-2)7-5-10)14(22)19(15(23)18-16)9-12(20)17-8-13(21)25-3/h4-7H,8-9H2,1-3H3,(H,17,20)(H,18,23). The summed E-state index contributed by atoms with van der Waals surface area (Å²) in [7, 11) is 2.71. The minimum Gasteiger partial charge on any atom is -0.497 e. The first kappa shape index (κ1) is 18.2. The Morgan fingerprint density at radius 3 is 2.40 bits per heavy atom. The fraction of sp³-hybridized carbons (Fsp3) is 0.375. The highest BCUT2D eigenvalue weighted by Crippen LogP contribution is 2.29. The minimum absolute atomic E-state index is 0.339. The van der Waals surface area contributed by atoms with Crippen LogP contribution in [0.1, 0.15) is 12.5 Å². The fourth-order valence-electron chi connectivity index (χ4n) is 2.40. The van der Waals surface area contributed by atoms with Crippen molar-refractivity contribution >= 4 is 23.8 Å². The lowest BCUT2D eigenvalue weighted by Crippen LogP contribution is -2.44. The molecule has 1 fully saturated rings. The average Bonchev–Trinajstić information content (AvgIpc) is 2.83. The largest absolute Gasteiger partial charge is 0.497 e. The highest BCUT2D eigenvalue weighted by Gasteiger charge is 2.49. The molecule has 25 heavy (non-hydrogen) atoms. The number of benzene rings is 1. The Bertz CT molecular complexity index is 702. The average molecular weight is 349 g/mol. The van der Waals surface area contributed by atoms with Gasteiger partial charge in [-0.1, -0.05) is 12.1 Å². The molecule has 1 unspecified atom stereocenters. The fourth-order valence-corrected chi connectivity index (χ4v) is 2.40. The predicted molar refractivity (Wildman–Crippen MR) is 85.6 cm³/mol. The summed E-state index contributed by atoms with van der Waals surface area (Å²) in [6.07, 6.45) is 0. The zero-order valence-corrected chi connectivity index (χ0v) is 14.1. The number of amides is 4. The molecule has 1 aromatic carbocycles. The number of imide groups is 1. The molecule has 0 aliphatic carbocycles. The van der Waals surface area contributed by atoms with Gasteiger partial charge in [0.2, 0.25) is 5.91 Å². The van der Waals surface area contributed by atoms with Gasteiger partial charge in [-0.3, -0.25) is 19.3 Å². The zero-order valence-electron chi connectivity index (χ0n) is 14.1.